The van der Waals surface area contributed by atoms with Crippen LogP contribution in [0.3, 0.4) is 0 Å². The predicted octanol–water partition coefficient (Wildman–Crippen LogP) is 9.72. The van der Waals surface area contributed by atoms with Gasteiger partial charge in [-0.2, -0.15) is 4.39 Å². The number of halogens is 4. The highest BCUT2D eigenvalue weighted by molar-refractivity contribution is 5.66. The van der Waals surface area contributed by atoms with Crippen LogP contribution in [-0.4, -0.2) is 6.61 Å². The number of hydrogen-bond donors (Lipinski definition) is 0. The van der Waals surface area contributed by atoms with Crippen molar-refractivity contribution in [2.24, 2.45) is 5.92 Å². The van der Waals surface area contributed by atoms with Crippen LogP contribution in [0.1, 0.15) is 75.0 Å². The summed E-state index contributed by atoms with van der Waals surface area (Å²) in [6.45, 7) is 4.00. The van der Waals surface area contributed by atoms with Crippen LogP contribution in [0.5, 0.6) is 5.75 Å². The smallest absolute Gasteiger partial charge is 0.201 e. The maximum absolute atomic E-state index is 15.1. The quantitative estimate of drug-likeness (QED) is 0.189. The molecule has 1 fully saturated rings. The van der Waals surface area contributed by atoms with Gasteiger partial charge in [-0.25, -0.2) is 13.2 Å². The summed E-state index contributed by atoms with van der Waals surface area (Å²) < 4.78 is 64.1. The average Bonchev–Trinajstić information content (AvgIpc) is 2.93. The molecule has 1 aliphatic rings. The maximum Gasteiger partial charge on any atom is 0.201 e. The standard InChI is InChI=1S/C33H36F4O/c1-3-7-22-10-12-23(13-11-22)8-5-6-9-24-14-16-25(17-15-24)26-18-19-27(31(35)30(26)34)28-20-21-29(38-4-2)33(37)32(28)36/h6,9-13,18-21,24-25H,3-5,7-8,14-17H2,1-2H3/b9-6+. The zero-order valence-electron chi connectivity index (χ0n) is 22.2. The Hall–Kier alpha value is -3.08. The minimum Gasteiger partial charge on any atom is -0.491 e. The highest BCUT2D eigenvalue weighted by atomic mass is 19.2. The Morgan fingerprint density at radius 3 is 1.95 bits per heavy atom. The molecular formula is C33H36F4O. The zero-order valence-corrected chi connectivity index (χ0v) is 22.2. The second kappa shape index (κ2) is 13.1. The number of benzene rings is 3. The van der Waals surface area contributed by atoms with Gasteiger partial charge in [-0.05, 0) is 92.5 Å². The van der Waals surface area contributed by atoms with Crippen molar-refractivity contribution in [3.8, 4) is 16.9 Å². The number of hydrogen-bond acceptors (Lipinski definition) is 1. The van der Waals surface area contributed by atoms with Crippen molar-refractivity contribution in [1.82, 2.24) is 0 Å². The van der Waals surface area contributed by atoms with E-state index in [1.165, 1.54) is 35.4 Å². The second-order valence-corrected chi connectivity index (χ2v) is 10.1. The van der Waals surface area contributed by atoms with Crippen LogP contribution in [0.4, 0.5) is 17.6 Å². The highest BCUT2D eigenvalue weighted by Crippen LogP contribution is 2.40. The zero-order chi connectivity index (χ0) is 27.1. The summed E-state index contributed by atoms with van der Waals surface area (Å²) in [6, 6.07) is 14.2. The Morgan fingerprint density at radius 2 is 1.32 bits per heavy atom. The van der Waals surface area contributed by atoms with Crippen LogP contribution in [0.15, 0.2) is 60.7 Å². The van der Waals surface area contributed by atoms with E-state index in [1.807, 2.05) is 0 Å². The molecule has 0 unspecified atom stereocenters. The second-order valence-electron chi connectivity index (χ2n) is 10.1. The summed E-state index contributed by atoms with van der Waals surface area (Å²) >= 11 is 0. The van der Waals surface area contributed by atoms with Gasteiger partial charge < -0.3 is 4.74 Å². The molecule has 1 aliphatic carbocycles. The summed E-state index contributed by atoms with van der Waals surface area (Å²) in [5.74, 6) is -4.47. The molecule has 3 aromatic rings. The molecule has 0 heterocycles. The lowest BCUT2D eigenvalue weighted by Gasteiger charge is -2.27. The van der Waals surface area contributed by atoms with Gasteiger partial charge in [0.25, 0.3) is 0 Å². The van der Waals surface area contributed by atoms with Gasteiger partial charge >= 0.3 is 0 Å². The number of ether oxygens (including phenoxy) is 1. The van der Waals surface area contributed by atoms with Crippen LogP contribution in [0.2, 0.25) is 0 Å². The van der Waals surface area contributed by atoms with Gasteiger partial charge in [0, 0.05) is 11.1 Å². The minimum atomic E-state index is -1.25. The van der Waals surface area contributed by atoms with Gasteiger partial charge in [-0.15, -0.1) is 0 Å². The largest absolute Gasteiger partial charge is 0.491 e. The fourth-order valence-electron chi connectivity index (χ4n) is 5.42. The molecule has 38 heavy (non-hydrogen) atoms. The Balaban J connectivity index is 1.34. The van der Waals surface area contributed by atoms with Crippen molar-refractivity contribution in [1.29, 1.82) is 0 Å². The van der Waals surface area contributed by atoms with Gasteiger partial charge in [0.15, 0.2) is 23.2 Å². The molecule has 0 aliphatic heterocycles. The molecule has 4 rings (SSSR count). The van der Waals surface area contributed by atoms with Crippen molar-refractivity contribution in [2.45, 2.75) is 71.1 Å². The van der Waals surface area contributed by atoms with Gasteiger partial charge in [0.2, 0.25) is 5.82 Å². The van der Waals surface area contributed by atoms with Crippen molar-refractivity contribution in [3.05, 3.63) is 101 Å². The van der Waals surface area contributed by atoms with Crippen LogP contribution >= 0.6 is 0 Å². The van der Waals surface area contributed by atoms with Crippen molar-refractivity contribution < 1.29 is 22.3 Å². The molecule has 0 saturated heterocycles. The van der Waals surface area contributed by atoms with Crippen LogP contribution < -0.4 is 4.74 Å². The Bertz CT molecular complexity index is 1240. The van der Waals surface area contributed by atoms with Crippen LogP contribution in [0, 0.1) is 29.2 Å². The molecule has 5 heteroatoms. The number of rotatable bonds is 10. The summed E-state index contributed by atoms with van der Waals surface area (Å²) in [6.07, 6.45) is 12.1. The summed E-state index contributed by atoms with van der Waals surface area (Å²) in [7, 11) is 0. The first-order valence-corrected chi connectivity index (χ1v) is 13.8. The Labute approximate surface area is 223 Å². The summed E-state index contributed by atoms with van der Waals surface area (Å²) in [4.78, 5) is 0. The van der Waals surface area contributed by atoms with Crippen molar-refractivity contribution in [3.63, 3.8) is 0 Å². The molecule has 0 bridgehead atoms. The molecule has 0 aromatic heterocycles. The third kappa shape index (κ3) is 6.48. The Kier molecular flexibility index (Phi) is 9.65. The molecule has 0 atom stereocenters. The third-order valence-electron chi connectivity index (χ3n) is 7.53. The van der Waals surface area contributed by atoms with Gasteiger partial charge in [0.05, 0.1) is 6.61 Å². The minimum absolute atomic E-state index is 0.0910. The van der Waals surface area contributed by atoms with Crippen LogP contribution in [-0.2, 0) is 12.8 Å². The lowest BCUT2D eigenvalue weighted by Crippen LogP contribution is -2.14. The molecule has 0 spiro atoms. The fourth-order valence-corrected chi connectivity index (χ4v) is 5.42. The summed E-state index contributed by atoms with van der Waals surface area (Å²) in [5.41, 5.74) is 2.42. The Morgan fingerprint density at radius 1 is 0.711 bits per heavy atom. The lowest BCUT2D eigenvalue weighted by atomic mass is 9.78. The normalized spacial score (nSPS) is 17.7. The topological polar surface area (TPSA) is 9.23 Å². The first-order chi connectivity index (χ1) is 18.4. The van der Waals surface area contributed by atoms with E-state index >= 15 is 8.78 Å². The van der Waals surface area contributed by atoms with E-state index in [1.54, 1.807) is 6.92 Å². The molecule has 202 valence electrons. The van der Waals surface area contributed by atoms with Gasteiger partial charge in [-0.3, -0.25) is 0 Å². The molecular weight excluding hydrogens is 488 g/mol. The van der Waals surface area contributed by atoms with Gasteiger partial charge in [0.1, 0.15) is 0 Å². The predicted molar refractivity (Wildman–Crippen MR) is 145 cm³/mol. The van der Waals surface area contributed by atoms with Crippen molar-refractivity contribution in [2.75, 3.05) is 6.61 Å². The first-order valence-electron chi connectivity index (χ1n) is 13.8. The van der Waals surface area contributed by atoms with E-state index in [0.717, 1.165) is 51.4 Å². The summed E-state index contributed by atoms with van der Waals surface area (Å²) in [5, 5.41) is 0. The van der Waals surface area contributed by atoms with Crippen LogP contribution in [0.25, 0.3) is 11.1 Å². The molecule has 0 amide bonds. The lowest BCUT2D eigenvalue weighted by molar-refractivity contribution is 0.314. The van der Waals surface area contributed by atoms with E-state index in [0.29, 0.717) is 11.5 Å². The number of allylic oxidation sites excluding steroid dienone is 2. The molecule has 0 N–H and O–H groups in total. The first kappa shape index (κ1) is 27.9. The molecule has 1 nitrogen and oxygen atoms in total. The molecule has 3 aromatic carbocycles. The fraction of sp³-hybridized carbons (Fsp3) is 0.394. The number of aryl methyl sites for hydroxylation is 2. The van der Waals surface area contributed by atoms with Gasteiger partial charge in [-0.1, -0.05) is 61.9 Å². The molecule has 1 saturated carbocycles. The van der Waals surface area contributed by atoms with E-state index in [-0.39, 0.29) is 29.4 Å². The average molecular weight is 525 g/mol. The van der Waals surface area contributed by atoms with Crippen molar-refractivity contribution >= 4 is 0 Å². The van der Waals surface area contributed by atoms with E-state index in [9.17, 15) is 8.78 Å². The van der Waals surface area contributed by atoms with E-state index < -0.39 is 23.3 Å². The van der Waals surface area contributed by atoms with E-state index in [4.69, 9.17) is 4.74 Å². The third-order valence-corrected chi connectivity index (χ3v) is 7.53. The maximum atomic E-state index is 15.1. The SMILES string of the molecule is CCCc1ccc(CC/C=C/C2CCC(c3ccc(-c4ccc(OCC)c(F)c4F)c(F)c3F)CC2)cc1. The highest BCUT2D eigenvalue weighted by Gasteiger charge is 2.27. The monoisotopic (exact) mass is 524 g/mol. The molecule has 0 radical (unpaired) electrons. The van der Waals surface area contributed by atoms with E-state index in [2.05, 4.69) is 43.3 Å².